The molecule has 0 saturated carbocycles. The molecule has 0 atom stereocenters. The van der Waals surface area contributed by atoms with Gasteiger partial charge in [0.15, 0.2) is 17.3 Å². The number of fused-ring (bicyclic) bond motifs is 1. The van der Waals surface area contributed by atoms with E-state index in [-0.39, 0.29) is 18.0 Å². The largest absolute Gasteiger partial charge is 0.421 e. The van der Waals surface area contributed by atoms with Crippen LogP contribution in [-0.2, 0) is 6.42 Å². The van der Waals surface area contributed by atoms with E-state index in [2.05, 4.69) is 30.1 Å². The SMILES string of the molecule is O=C(CCc1nnc(-c2cccnc2)o1)c1nc2ncccc2[nH]1. The van der Waals surface area contributed by atoms with E-state index in [4.69, 9.17) is 4.42 Å². The molecule has 4 rings (SSSR count). The molecule has 0 fully saturated rings. The van der Waals surface area contributed by atoms with Gasteiger partial charge in [-0.2, -0.15) is 0 Å². The van der Waals surface area contributed by atoms with Gasteiger partial charge in [-0.25, -0.2) is 9.97 Å². The lowest BCUT2D eigenvalue weighted by Crippen LogP contribution is -2.03. The lowest BCUT2D eigenvalue weighted by molar-refractivity contribution is 0.0971. The number of hydrogen-bond donors (Lipinski definition) is 1. The Labute approximate surface area is 136 Å². The fraction of sp³-hybridized carbons (Fsp3) is 0.125. The Hall–Kier alpha value is -3.42. The molecule has 0 amide bonds. The number of carbonyl (C=O) groups is 1. The van der Waals surface area contributed by atoms with Crippen LogP contribution < -0.4 is 0 Å². The molecular formula is C16H12N6O2. The normalized spacial score (nSPS) is 11.0. The molecule has 4 aromatic heterocycles. The summed E-state index contributed by atoms with van der Waals surface area (Å²) in [6.07, 6.45) is 5.51. The fourth-order valence-corrected chi connectivity index (χ4v) is 2.28. The van der Waals surface area contributed by atoms with Crippen molar-refractivity contribution in [3.63, 3.8) is 0 Å². The van der Waals surface area contributed by atoms with Crippen LogP contribution in [0.25, 0.3) is 22.6 Å². The molecule has 4 aromatic rings. The third-order valence-corrected chi connectivity index (χ3v) is 3.46. The quantitative estimate of drug-likeness (QED) is 0.561. The maximum Gasteiger partial charge on any atom is 0.249 e. The number of nitrogens with one attached hydrogen (secondary N) is 1. The molecule has 0 saturated heterocycles. The molecule has 4 heterocycles. The average Bonchev–Trinajstić information content (AvgIpc) is 3.27. The number of aromatic nitrogens is 6. The number of H-pyrrole nitrogens is 1. The predicted molar refractivity (Wildman–Crippen MR) is 84.1 cm³/mol. The third-order valence-electron chi connectivity index (χ3n) is 3.46. The molecule has 1 N–H and O–H groups in total. The molecule has 0 unspecified atom stereocenters. The van der Waals surface area contributed by atoms with Gasteiger partial charge in [-0.05, 0) is 24.3 Å². The average molecular weight is 320 g/mol. The van der Waals surface area contributed by atoms with Crippen LogP contribution in [0.5, 0.6) is 0 Å². The van der Waals surface area contributed by atoms with E-state index < -0.39 is 0 Å². The minimum Gasteiger partial charge on any atom is -0.421 e. The highest BCUT2D eigenvalue weighted by Crippen LogP contribution is 2.17. The van der Waals surface area contributed by atoms with Crippen LogP contribution in [0.4, 0.5) is 0 Å². The van der Waals surface area contributed by atoms with Gasteiger partial charge in [0, 0.05) is 31.4 Å². The molecule has 0 bridgehead atoms. The van der Waals surface area contributed by atoms with Crippen LogP contribution >= 0.6 is 0 Å². The van der Waals surface area contributed by atoms with Crippen molar-refractivity contribution >= 4 is 16.9 Å². The van der Waals surface area contributed by atoms with Gasteiger partial charge in [0.05, 0.1) is 11.1 Å². The van der Waals surface area contributed by atoms with E-state index in [1.165, 1.54) is 0 Å². The molecule has 24 heavy (non-hydrogen) atoms. The molecule has 8 nitrogen and oxygen atoms in total. The van der Waals surface area contributed by atoms with Crippen molar-refractivity contribution in [2.45, 2.75) is 12.8 Å². The fourth-order valence-electron chi connectivity index (χ4n) is 2.28. The highest BCUT2D eigenvalue weighted by Gasteiger charge is 2.15. The summed E-state index contributed by atoms with van der Waals surface area (Å²) >= 11 is 0. The number of pyridine rings is 2. The van der Waals surface area contributed by atoms with Crippen molar-refractivity contribution in [3.05, 3.63) is 54.6 Å². The predicted octanol–water partition coefficient (Wildman–Crippen LogP) is 2.22. The van der Waals surface area contributed by atoms with Crippen LogP contribution in [-0.4, -0.2) is 35.9 Å². The first-order valence-corrected chi connectivity index (χ1v) is 7.36. The van der Waals surface area contributed by atoms with Gasteiger partial charge < -0.3 is 9.40 Å². The van der Waals surface area contributed by atoms with E-state index in [1.807, 2.05) is 12.1 Å². The van der Waals surface area contributed by atoms with E-state index in [1.54, 1.807) is 30.7 Å². The number of hydrogen-bond acceptors (Lipinski definition) is 7. The zero-order chi connectivity index (χ0) is 16.4. The zero-order valence-corrected chi connectivity index (χ0v) is 12.5. The van der Waals surface area contributed by atoms with Gasteiger partial charge in [-0.15, -0.1) is 10.2 Å². The van der Waals surface area contributed by atoms with Crippen molar-refractivity contribution in [2.75, 3.05) is 0 Å². The van der Waals surface area contributed by atoms with Crippen molar-refractivity contribution in [3.8, 4) is 11.5 Å². The molecule has 0 radical (unpaired) electrons. The first-order valence-electron chi connectivity index (χ1n) is 7.36. The van der Waals surface area contributed by atoms with Crippen LogP contribution in [0, 0.1) is 0 Å². The number of imidazole rings is 1. The van der Waals surface area contributed by atoms with Crippen molar-refractivity contribution in [2.24, 2.45) is 0 Å². The number of aromatic amines is 1. The van der Waals surface area contributed by atoms with Crippen molar-refractivity contribution in [1.82, 2.24) is 30.1 Å². The van der Waals surface area contributed by atoms with Crippen molar-refractivity contribution < 1.29 is 9.21 Å². The summed E-state index contributed by atoms with van der Waals surface area (Å²) in [5.74, 6) is 0.944. The Balaban J connectivity index is 1.45. The highest BCUT2D eigenvalue weighted by molar-refractivity contribution is 5.95. The van der Waals surface area contributed by atoms with Crippen LogP contribution in [0.2, 0.25) is 0 Å². The number of ketones is 1. The highest BCUT2D eigenvalue weighted by atomic mass is 16.4. The number of carbonyl (C=O) groups excluding carboxylic acids is 1. The maximum absolute atomic E-state index is 12.2. The van der Waals surface area contributed by atoms with Crippen molar-refractivity contribution in [1.29, 1.82) is 0 Å². The Morgan fingerprint density at radius 3 is 2.92 bits per heavy atom. The second kappa shape index (κ2) is 5.99. The number of rotatable bonds is 5. The third kappa shape index (κ3) is 2.76. The van der Waals surface area contributed by atoms with Gasteiger partial charge in [0.2, 0.25) is 11.8 Å². The summed E-state index contributed by atoms with van der Waals surface area (Å²) < 4.78 is 5.56. The van der Waals surface area contributed by atoms with E-state index >= 15 is 0 Å². The molecule has 0 spiro atoms. The molecule has 8 heteroatoms. The lowest BCUT2D eigenvalue weighted by atomic mass is 10.2. The minimum absolute atomic E-state index is 0.130. The van der Waals surface area contributed by atoms with E-state index in [0.29, 0.717) is 23.8 Å². The molecule has 0 aliphatic carbocycles. The van der Waals surface area contributed by atoms with Gasteiger partial charge >= 0.3 is 0 Å². The second-order valence-electron chi connectivity index (χ2n) is 5.13. The maximum atomic E-state index is 12.2. The summed E-state index contributed by atoms with van der Waals surface area (Å²) in [7, 11) is 0. The van der Waals surface area contributed by atoms with E-state index in [9.17, 15) is 4.79 Å². The number of Topliss-reactive ketones (excluding diaryl/α,β-unsaturated/α-hetero) is 1. The topological polar surface area (TPSA) is 110 Å². The summed E-state index contributed by atoms with van der Waals surface area (Å²) in [6, 6.07) is 7.23. The van der Waals surface area contributed by atoms with Gasteiger partial charge in [0.1, 0.15) is 0 Å². The minimum atomic E-state index is -0.130. The molecular weight excluding hydrogens is 308 g/mol. The van der Waals surface area contributed by atoms with Crippen LogP contribution in [0.1, 0.15) is 22.9 Å². The molecule has 0 aromatic carbocycles. The second-order valence-corrected chi connectivity index (χ2v) is 5.13. The monoisotopic (exact) mass is 320 g/mol. The zero-order valence-electron chi connectivity index (χ0n) is 12.5. The Bertz CT molecular complexity index is 959. The lowest BCUT2D eigenvalue weighted by Gasteiger charge is -1.94. The number of aryl methyl sites for hydroxylation is 1. The van der Waals surface area contributed by atoms with E-state index in [0.717, 1.165) is 11.1 Å². The Morgan fingerprint density at radius 2 is 2.08 bits per heavy atom. The summed E-state index contributed by atoms with van der Waals surface area (Å²) in [5.41, 5.74) is 2.00. The summed E-state index contributed by atoms with van der Waals surface area (Å²) in [6.45, 7) is 0. The van der Waals surface area contributed by atoms with Crippen LogP contribution in [0.3, 0.4) is 0 Å². The first kappa shape index (κ1) is 14.2. The Morgan fingerprint density at radius 1 is 1.17 bits per heavy atom. The molecule has 0 aliphatic heterocycles. The molecule has 0 aliphatic rings. The standard InChI is InChI=1S/C16H12N6O2/c23-12(15-19-11-4-2-8-18-14(11)20-15)5-6-13-21-22-16(24-13)10-3-1-7-17-9-10/h1-4,7-9H,5-6H2,(H,18,19,20). The van der Waals surface area contributed by atoms with Gasteiger partial charge in [0.25, 0.3) is 0 Å². The summed E-state index contributed by atoms with van der Waals surface area (Å²) in [5, 5.41) is 7.93. The summed E-state index contributed by atoms with van der Waals surface area (Å²) in [4.78, 5) is 27.5. The first-order chi connectivity index (χ1) is 11.8. The van der Waals surface area contributed by atoms with Gasteiger partial charge in [-0.1, -0.05) is 0 Å². The number of nitrogens with zero attached hydrogens (tertiary/aromatic N) is 5. The Kier molecular flexibility index (Phi) is 3.54. The smallest absolute Gasteiger partial charge is 0.249 e. The van der Waals surface area contributed by atoms with Crippen LogP contribution in [0.15, 0.2) is 47.3 Å². The van der Waals surface area contributed by atoms with Gasteiger partial charge in [-0.3, -0.25) is 9.78 Å². The molecule has 118 valence electrons.